The minimum absolute atomic E-state index is 0.226. The van der Waals surface area contributed by atoms with E-state index in [2.05, 4.69) is 10.6 Å². The minimum atomic E-state index is -1.16. The van der Waals surface area contributed by atoms with Crippen molar-refractivity contribution >= 4 is 68.4 Å². The molecule has 1 aromatic carbocycles. The molecule has 10 heteroatoms. The van der Waals surface area contributed by atoms with Crippen molar-refractivity contribution in [2.24, 2.45) is 0 Å². The molecular formula is C23H23ClN2O5S2. The van der Waals surface area contributed by atoms with Gasteiger partial charge in [0.15, 0.2) is 0 Å². The number of carbonyl (C=O) groups is 4. The number of carboxylic acids is 1. The fourth-order valence-corrected chi connectivity index (χ4v) is 5.71. The van der Waals surface area contributed by atoms with Gasteiger partial charge in [-0.3, -0.25) is 14.4 Å². The number of carboxylic acid groups (broad SMARTS) is 1. The summed E-state index contributed by atoms with van der Waals surface area (Å²) >= 11 is 9.13. The summed E-state index contributed by atoms with van der Waals surface area (Å²) in [6.07, 6.45) is 1.78. The zero-order chi connectivity index (χ0) is 23.8. The Kier molecular flexibility index (Phi) is 8.99. The first-order valence-electron chi connectivity index (χ1n) is 10.4. The van der Waals surface area contributed by atoms with E-state index in [1.165, 1.54) is 22.7 Å². The first kappa shape index (κ1) is 24.9. The number of halogens is 1. The molecule has 0 radical (unpaired) electrons. The van der Waals surface area contributed by atoms with Crippen molar-refractivity contribution < 1.29 is 24.3 Å². The lowest BCUT2D eigenvalue weighted by molar-refractivity contribution is -0.138. The molecule has 0 bridgehead atoms. The first-order valence-corrected chi connectivity index (χ1v) is 12.4. The van der Waals surface area contributed by atoms with Crippen molar-refractivity contribution in [3.8, 4) is 0 Å². The van der Waals surface area contributed by atoms with E-state index in [0.717, 1.165) is 15.0 Å². The van der Waals surface area contributed by atoms with Crippen molar-refractivity contribution in [2.75, 3.05) is 6.54 Å². The highest BCUT2D eigenvalue weighted by Crippen LogP contribution is 2.35. The van der Waals surface area contributed by atoms with Crippen LogP contribution in [0.4, 0.5) is 0 Å². The SMILES string of the molecule is O=CC(CC(=O)O)NC(=O)C(CCCCNC(=O)c1sc2ccccc2c1Cl)c1cccs1. The van der Waals surface area contributed by atoms with Gasteiger partial charge in [-0.2, -0.15) is 0 Å². The molecule has 0 aliphatic rings. The normalized spacial score (nSPS) is 12.8. The van der Waals surface area contributed by atoms with Crippen LogP contribution in [0.15, 0.2) is 41.8 Å². The number of amides is 2. The lowest BCUT2D eigenvalue weighted by atomic mass is 9.98. The highest BCUT2D eigenvalue weighted by molar-refractivity contribution is 7.21. The van der Waals surface area contributed by atoms with E-state index in [4.69, 9.17) is 16.7 Å². The molecule has 7 nitrogen and oxygen atoms in total. The molecule has 33 heavy (non-hydrogen) atoms. The lowest BCUT2D eigenvalue weighted by Gasteiger charge is -2.18. The molecule has 0 saturated heterocycles. The highest BCUT2D eigenvalue weighted by atomic mass is 35.5. The first-order chi connectivity index (χ1) is 15.9. The Morgan fingerprint density at radius 1 is 1.12 bits per heavy atom. The average molecular weight is 507 g/mol. The third kappa shape index (κ3) is 6.63. The molecule has 0 aliphatic carbocycles. The monoisotopic (exact) mass is 506 g/mol. The number of rotatable bonds is 12. The van der Waals surface area contributed by atoms with Crippen molar-refractivity contribution in [3.05, 3.63) is 56.6 Å². The fraction of sp³-hybridized carbons (Fsp3) is 0.304. The van der Waals surface area contributed by atoms with E-state index in [1.54, 1.807) is 0 Å². The van der Waals surface area contributed by atoms with Gasteiger partial charge in [0, 0.05) is 21.5 Å². The molecule has 2 aromatic heterocycles. The molecule has 0 spiro atoms. The zero-order valence-corrected chi connectivity index (χ0v) is 20.0. The Morgan fingerprint density at radius 3 is 2.58 bits per heavy atom. The smallest absolute Gasteiger partial charge is 0.305 e. The van der Waals surface area contributed by atoms with Crippen LogP contribution in [0, 0.1) is 0 Å². The van der Waals surface area contributed by atoms with Crippen LogP contribution in [0.1, 0.15) is 46.2 Å². The number of fused-ring (bicyclic) bond motifs is 1. The van der Waals surface area contributed by atoms with Crippen LogP contribution in [-0.2, 0) is 14.4 Å². The number of hydrogen-bond acceptors (Lipinski definition) is 6. The summed E-state index contributed by atoms with van der Waals surface area (Å²) in [6, 6.07) is 10.2. The van der Waals surface area contributed by atoms with E-state index >= 15 is 0 Å². The van der Waals surface area contributed by atoms with Crippen LogP contribution < -0.4 is 10.6 Å². The molecule has 2 unspecified atom stereocenters. The standard InChI is InChI=1S/C23H23ClN2O5S2/c24-20-15-6-1-2-8-18(15)33-21(20)23(31)25-10-4-3-7-16(17-9-5-11-32-17)22(30)26-14(13-27)12-19(28)29/h1-2,5-6,8-9,11,13-14,16H,3-4,7,10,12H2,(H,25,31)(H,26,30)(H,28,29). The second kappa shape index (κ2) is 11.9. The number of aliphatic carboxylic acids is 1. The molecule has 0 aliphatic heterocycles. The molecule has 174 valence electrons. The molecule has 0 fully saturated rings. The molecule has 2 amide bonds. The summed E-state index contributed by atoms with van der Waals surface area (Å²) in [7, 11) is 0. The molecule has 0 saturated carbocycles. The number of aldehydes is 1. The predicted molar refractivity (Wildman–Crippen MR) is 130 cm³/mol. The Hall–Kier alpha value is -2.75. The molecule has 3 rings (SSSR count). The lowest BCUT2D eigenvalue weighted by Crippen LogP contribution is -2.40. The summed E-state index contributed by atoms with van der Waals surface area (Å²) in [5, 5.41) is 17.5. The number of unbranched alkanes of at least 4 members (excludes halogenated alkanes) is 1. The van der Waals surface area contributed by atoms with Gasteiger partial charge in [-0.1, -0.05) is 42.3 Å². The van der Waals surface area contributed by atoms with Crippen molar-refractivity contribution in [2.45, 2.75) is 37.6 Å². The van der Waals surface area contributed by atoms with Gasteiger partial charge < -0.3 is 20.5 Å². The molecule has 3 aromatic rings. The number of benzene rings is 1. The van der Waals surface area contributed by atoms with Gasteiger partial charge in [0.2, 0.25) is 5.91 Å². The maximum absolute atomic E-state index is 12.7. The molecule has 3 N–H and O–H groups in total. The molecule has 2 atom stereocenters. The van der Waals surface area contributed by atoms with Crippen LogP contribution in [0.25, 0.3) is 10.1 Å². The van der Waals surface area contributed by atoms with E-state index in [-0.39, 0.29) is 11.8 Å². The van der Waals surface area contributed by atoms with E-state index < -0.39 is 24.3 Å². The fourth-order valence-electron chi connectivity index (χ4n) is 3.41. The third-order valence-electron chi connectivity index (χ3n) is 5.04. The maximum atomic E-state index is 12.7. The van der Waals surface area contributed by atoms with Crippen LogP contribution in [0.3, 0.4) is 0 Å². The van der Waals surface area contributed by atoms with Crippen LogP contribution in [0.2, 0.25) is 5.02 Å². The third-order valence-corrected chi connectivity index (χ3v) is 7.70. The van der Waals surface area contributed by atoms with Gasteiger partial charge in [-0.15, -0.1) is 22.7 Å². The van der Waals surface area contributed by atoms with Gasteiger partial charge in [0.05, 0.1) is 23.4 Å². The highest BCUT2D eigenvalue weighted by Gasteiger charge is 2.25. The zero-order valence-electron chi connectivity index (χ0n) is 17.6. The Balaban J connectivity index is 1.52. The van der Waals surface area contributed by atoms with E-state index in [9.17, 15) is 19.2 Å². The summed E-state index contributed by atoms with van der Waals surface area (Å²) in [5.41, 5.74) is 0. The van der Waals surface area contributed by atoms with E-state index in [1.807, 2.05) is 41.8 Å². The Labute approximate surface area is 203 Å². The van der Waals surface area contributed by atoms with Gasteiger partial charge in [0.1, 0.15) is 11.2 Å². The summed E-state index contributed by atoms with van der Waals surface area (Å²) in [6.45, 7) is 0.429. The van der Waals surface area contributed by atoms with Crippen molar-refractivity contribution in [1.29, 1.82) is 0 Å². The summed E-state index contributed by atoms with van der Waals surface area (Å²) < 4.78 is 0.953. The maximum Gasteiger partial charge on any atom is 0.305 e. The predicted octanol–water partition coefficient (Wildman–Crippen LogP) is 4.46. The summed E-state index contributed by atoms with van der Waals surface area (Å²) in [4.78, 5) is 48.6. The minimum Gasteiger partial charge on any atom is -0.481 e. The topological polar surface area (TPSA) is 113 Å². The van der Waals surface area contributed by atoms with Crippen LogP contribution >= 0.6 is 34.3 Å². The molecule has 2 heterocycles. The Morgan fingerprint density at radius 2 is 1.91 bits per heavy atom. The van der Waals surface area contributed by atoms with Crippen molar-refractivity contribution in [1.82, 2.24) is 10.6 Å². The number of thiophene rings is 2. The van der Waals surface area contributed by atoms with Gasteiger partial charge in [-0.05, 0) is 30.4 Å². The second-order valence-corrected chi connectivity index (χ2v) is 9.82. The average Bonchev–Trinajstić information content (AvgIpc) is 3.43. The van der Waals surface area contributed by atoms with Gasteiger partial charge >= 0.3 is 5.97 Å². The molecular weight excluding hydrogens is 484 g/mol. The Bertz CT molecular complexity index is 1130. The van der Waals surface area contributed by atoms with Crippen molar-refractivity contribution in [3.63, 3.8) is 0 Å². The second-order valence-electron chi connectivity index (χ2n) is 7.41. The summed E-state index contributed by atoms with van der Waals surface area (Å²) in [5.74, 6) is -2.25. The van der Waals surface area contributed by atoms with Crippen LogP contribution in [-0.4, -0.2) is 41.8 Å². The van der Waals surface area contributed by atoms with Gasteiger partial charge in [0.25, 0.3) is 5.91 Å². The van der Waals surface area contributed by atoms with E-state index in [0.29, 0.717) is 42.0 Å². The quantitative estimate of drug-likeness (QED) is 0.248. The number of carbonyl (C=O) groups excluding carboxylic acids is 3. The largest absolute Gasteiger partial charge is 0.481 e. The number of nitrogens with one attached hydrogen (secondary N) is 2. The number of hydrogen-bond donors (Lipinski definition) is 3. The van der Waals surface area contributed by atoms with Crippen LogP contribution in [0.5, 0.6) is 0 Å². The van der Waals surface area contributed by atoms with Gasteiger partial charge in [-0.25, -0.2) is 0 Å².